The maximum absolute atomic E-state index is 11.0. The number of hydrogen-bond donors (Lipinski definition) is 0. The Morgan fingerprint density at radius 3 is 2.47 bits per heavy atom. The van der Waals surface area contributed by atoms with Crippen molar-refractivity contribution < 1.29 is 14.3 Å². The fourth-order valence-corrected chi connectivity index (χ4v) is 1.61. The number of ether oxygens (including phenoxy) is 2. The van der Waals surface area contributed by atoms with Crippen LogP contribution in [0, 0.1) is 11.3 Å². The van der Waals surface area contributed by atoms with Crippen molar-refractivity contribution in [2.24, 2.45) is 0 Å². The van der Waals surface area contributed by atoms with Crippen LogP contribution in [0.2, 0.25) is 0 Å². The average molecular weight is 253 g/mol. The number of rotatable bonds is 2. The fourth-order valence-electron chi connectivity index (χ4n) is 1.61. The molecule has 2 rings (SSSR count). The topological polar surface area (TPSA) is 59.3 Å². The Balaban J connectivity index is 2.27. The number of nitriles is 1. The van der Waals surface area contributed by atoms with Gasteiger partial charge in [0.25, 0.3) is 0 Å². The van der Waals surface area contributed by atoms with Crippen molar-refractivity contribution in [3.63, 3.8) is 0 Å². The van der Waals surface area contributed by atoms with Gasteiger partial charge in [-0.2, -0.15) is 5.26 Å². The number of nitrogens with zero attached hydrogens (tertiary/aromatic N) is 1. The Labute approximate surface area is 110 Å². The zero-order valence-electron chi connectivity index (χ0n) is 10.3. The van der Waals surface area contributed by atoms with Gasteiger partial charge in [0, 0.05) is 0 Å². The lowest BCUT2D eigenvalue weighted by Gasteiger charge is -2.05. The lowest BCUT2D eigenvalue weighted by molar-refractivity contribution is 0.121. The molecule has 4 heteroatoms. The summed E-state index contributed by atoms with van der Waals surface area (Å²) in [7, 11) is 1.26. The zero-order valence-corrected chi connectivity index (χ0v) is 10.3. The third-order valence-electron chi connectivity index (χ3n) is 2.55. The highest BCUT2D eigenvalue weighted by molar-refractivity contribution is 5.68. The van der Waals surface area contributed by atoms with Crippen LogP contribution in [0.15, 0.2) is 48.5 Å². The Kier molecular flexibility index (Phi) is 3.79. The largest absolute Gasteiger partial charge is 0.513 e. The quantitative estimate of drug-likeness (QED) is 0.608. The highest BCUT2D eigenvalue weighted by Gasteiger charge is 2.05. The first-order chi connectivity index (χ1) is 9.22. The van der Waals surface area contributed by atoms with Gasteiger partial charge in [-0.1, -0.05) is 24.3 Å². The molecule has 0 saturated carbocycles. The number of carbonyl (C=O) groups excluding carboxylic acids is 1. The third-order valence-corrected chi connectivity index (χ3v) is 2.55. The first-order valence-electron chi connectivity index (χ1n) is 5.59. The lowest BCUT2D eigenvalue weighted by Crippen LogP contribution is -2.07. The monoisotopic (exact) mass is 253 g/mol. The second-order valence-corrected chi connectivity index (χ2v) is 3.77. The van der Waals surface area contributed by atoms with Crippen molar-refractivity contribution in [1.29, 1.82) is 5.26 Å². The molecule has 0 atom stereocenters. The minimum Gasteiger partial charge on any atom is -0.437 e. The van der Waals surface area contributed by atoms with E-state index in [1.165, 1.54) is 7.11 Å². The van der Waals surface area contributed by atoms with Crippen LogP contribution in [-0.2, 0) is 4.74 Å². The smallest absolute Gasteiger partial charge is 0.437 e. The third kappa shape index (κ3) is 3.11. The molecule has 0 aliphatic rings. The second-order valence-electron chi connectivity index (χ2n) is 3.77. The average Bonchev–Trinajstić information content (AvgIpc) is 2.47. The molecule has 0 spiro atoms. The normalized spacial score (nSPS) is 9.47. The van der Waals surface area contributed by atoms with E-state index in [1.54, 1.807) is 30.3 Å². The van der Waals surface area contributed by atoms with Gasteiger partial charge < -0.3 is 9.47 Å². The zero-order chi connectivity index (χ0) is 13.7. The Hall–Kier alpha value is -2.80. The molecule has 4 nitrogen and oxygen atoms in total. The Bertz CT molecular complexity index is 627. The molecule has 2 aromatic carbocycles. The predicted molar refractivity (Wildman–Crippen MR) is 69.6 cm³/mol. The van der Waals surface area contributed by atoms with E-state index in [0.717, 1.165) is 11.1 Å². The van der Waals surface area contributed by atoms with Gasteiger partial charge in [-0.25, -0.2) is 4.79 Å². The molecule has 0 amide bonds. The summed E-state index contributed by atoms with van der Waals surface area (Å²) in [5, 5.41) is 8.75. The SMILES string of the molecule is COC(=O)Oc1cccc(-c2ccc(C#N)cc2)c1. The minimum atomic E-state index is -0.753. The number of benzene rings is 2. The van der Waals surface area contributed by atoms with E-state index in [1.807, 2.05) is 18.2 Å². The van der Waals surface area contributed by atoms with Crippen LogP contribution in [0.3, 0.4) is 0 Å². The van der Waals surface area contributed by atoms with Crippen molar-refractivity contribution >= 4 is 6.16 Å². The summed E-state index contributed by atoms with van der Waals surface area (Å²) in [4.78, 5) is 11.0. The Morgan fingerprint density at radius 2 is 1.84 bits per heavy atom. The Morgan fingerprint density at radius 1 is 1.11 bits per heavy atom. The fraction of sp³-hybridized carbons (Fsp3) is 0.0667. The van der Waals surface area contributed by atoms with E-state index in [0.29, 0.717) is 11.3 Å². The second kappa shape index (κ2) is 5.69. The van der Waals surface area contributed by atoms with Gasteiger partial charge in [0.1, 0.15) is 5.75 Å². The first-order valence-corrected chi connectivity index (χ1v) is 5.59. The van der Waals surface area contributed by atoms with Gasteiger partial charge in [0.2, 0.25) is 0 Å². The van der Waals surface area contributed by atoms with Crippen LogP contribution >= 0.6 is 0 Å². The molecule has 0 heterocycles. The molecule has 0 N–H and O–H groups in total. The summed E-state index contributed by atoms with van der Waals surface area (Å²) in [5.41, 5.74) is 2.44. The molecule has 0 saturated heterocycles. The van der Waals surface area contributed by atoms with E-state index >= 15 is 0 Å². The first kappa shape index (κ1) is 12.7. The van der Waals surface area contributed by atoms with E-state index in [2.05, 4.69) is 10.8 Å². The van der Waals surface area contributed by atoms with Crippen molar-refractivity contribution in [3.8, 4) is 22.9 Å². The van der Waals surface area contributed by atoms with Crippen LogP contribution in [0.1, 0.15) is 5.56 Å². The van der Waals surface area contributed by atoms with Crippen molar-refractivity contribution in [2.45, 2.75) is 0 Å². The van der Waals surface area contributed by atoms with Crippen LogP contribution in [0.5, 0.6) is 5.75 Å². The van der Waals surface area contributed by atoms with Gasteiger partial charge in [0.15, 0.2) is 0 Å². The lowest BCUT2D eigenvalue weighted by atomic mass is 10.0. The predicted octanol–water partition coefficient (Wildman–Crippen LogP) is 3.37. The van der Waals surface area contributed by atoms with Crippen LogP contribution in [0.25, 0.3) is 11.1 Å². The van der Waals surface area contributed by atoms with Gasteiger partial charge in [-0.15, -0.1) is 0 Å². The molecule has 0 aliphatic carbocycles. The van der Waals surface area contributed by atoms with E-state index < -0.39 is 6.16 Å². The molecular formula is C15H11NO3. The molecule has 0 fully saturated rings. The molecule has 0 bridgehead atoms. The van der Waals surface area contributed by atoms with Crippen LogP contribution in [0.4, 0.5) is 4.79 Å². The van der Waals surface area contributed by atoms with Crippen LogP contribution in [-0.4, -0.2) is 13.3 Å². The standard InChI is InChI=1S/C15H11NO3/c1-18-15(17)19-14-4-2-3-13(9-14)12-7-5-11(10-16)6-8-12/h2-9H,1H3. The van der Waals surface area contributed by atoms with Crippen molar-refractivity contribution in [3.05, 3.63) is 54.1 Å². The molecule has 0 radical (unpaired) electrons. The number of hydrogen-bond acceptors (Lipinski definition) is 4. The maximum atomic E-state index is 11.0. The van der Waals surface area contributed by atoms with E-state index in [4.69, 9.17) is 10.00 Å². The van der Waals surface area contributed by atoms with Gasteiger partial charge in [0.05, 0.1) is 18.7 Å². The minimum absolute atomic E-state index is 0.411. The van der Waals surface area contributed by atoms with Crippen molar-refractivity contribution in [2.75, 3.05) is 7.11 Å². The maximum Gasteiger partial charge on any atom is 0.513 e. The van der Waals surface area contributed by atoms with E-state index in [9.17, 15) is 4.79 Å². The summed E-state index contributed by atoms with van der Waals surface area (Å²) in [5.74, 6) is 0.411. The van der Waals surface area contributed by atoms with Gasteiger partial charge in [-0.3, -0.25) is 0 Å². The summed E-state index contributed by atoms with van der Waals surface area (Å²) >= 11 is 0. The van der Waals surface area contributed by atoms with Crippen molar-refractivity contribution in [1.82, 2.24) is 0 Å². The number of carbonyl (C=O) groups is 1. The van der Waals surface area contributed by atoms with Gasteiger partial charge in [-0.05, 0) is 35.4 Å². The summed E-state index contributed by atoms with van der Waals surface area (Å²) < 4.78 is 9.39. The molecular weight excluding hydrogens is 242 g/mol. The molecule has 19 heavy (non-hydrogen) atoms. The highest BCUT2D eigenvalue weighted by atomic mass is 16.7. The van der Waals surface area contributed by atoms with E-state index in [-0.39, 0.29) is 0 Å². The summed E-state index contributed by atoms with van der Waals surface area (Å²) in [6, 6.07) is 16.3. The highest BCUT2D eigenvalue weighted by Crippen LogP contribution is 2.24. The molecule has 0 aromatic heterocycles. The summed E-state index contributed by atoms with van der Waals surface area (Å²) in [6.45, 7) is 0. The molecule has 0 aliphatic heterocycles. The molecule has 2 aromatic rings. The molecule has 94 valence electrons. The number of methoxy groups -OCH3 is 1. The van der Waals surface area contributed by atoms with Crippen LogP contribution < -0.4 is 4.74 Å². The molecule has 0 unspecified atom stereocenters. The summed E-state index contributed by atoms with van der Waals surface area (Å²) in [6.07, 6.45) is -0.753. The van der Waals surface area contributed by atoms with Gasteiger partial charge >= 0.3 is 6.16 Å².